The van der Waals surface area contributed by atoms with Gasteiger partial charge in [-0.3, -0.25) is 0 Å². The standard InChI is InChI=1S/C21H20N2O6/c1-12-18(19(23-21(25)22-12)14-4-6-15(26-2)7-5-14)20(24)27-10-13-3-8-16-17(9-13)29-11-28-16/h3-9,19H,10-11H2,1-2H3,(H2,22,23,25)/t19-/m1/s1. The summed E-state index contributed by atoms with van der Waals surface area (Å²) in [6, 6.07) is 11.5. The van der Waals surface area contributed by atoms with Crippen molar-refractivity contribution in [3.8, 4) is 17.2 Å². The van der Waals surface area contributed by atoms with E-state index >= 15 is 0 Å². The van der Waals surface area contributed by atoms with Crippen molar-refractivity contribution in [2.75, 3.05) is 13.9 Å². The van der Waals surface area contributed by atoms with Crippen LogP contribution in [0.5, 0.6) is 17.2 Å². The van der Waals surface area contributed by atoms with Crippen molar-refractivity contribution >= 4 is 12.0 Å². The molecule has 1 atom stereocenters. The van der Waals surface area contributed by atoms with Crippen molar-refractivity contribution in [1.82, 2.24) is 10.6 Å². The number of esters is 1. The van der Waals surface area contributed by atoms with E-state index in [2.05, 4.69) is 10.6 Å². The lowest BCUT2D eigenvalue weighted by molar-refractivity contribution is -0.140. The molecule has 29 heavy (non-hydrogen) atoms. The molecular weight excluding hydrogens is 376 g/mol. The Morgan fingerprint density at radius 2 is 1.90 bits per heavy atom. The molecule has 2 amide bonds. The Morgan fingerprint density at radius 3 is 2.66 bits per heavy atom. The minimum Gasteiger partial charge on any atom is -0.497 e. The van der Waals surface area contributed by atoms with Gasteiger partial charge in [-0.25, -0.2) is 9.59 Å². The van der Waals surface area contributed by atoms with Gasteiger partial charge < -0.3 is 29.6 Å². The molecule has 2 aromatic carbocycles. The van der Waals surface area contributed by atoms with Gasteiger partial charge in [0.1, 0.15) is 12.4 Å². The lowest BCUT2D eigenvalue weighted by Crippen LogP contribution is -2.45. The predicted octanol–water partition coefficient (Wildman–Crippen LogP) is 2.80. The van der Waals surface area contributed by atoms with E-state index in [1.165, 1.54) is 0 Å². The summed E-state index contributed by atoms with van der Waals surface area (Å²) in [5.74, 6) is 1.45. The quantitative estimate of drug-likeness (QED) is 0.755. The van der Waals surface area contributed by atoms with Gasteiger partial charge in [-0.15, -0.1) is 0 Å². The Labute approximate surface area is 167 Å². The van der Waals surface area contributed by atoms with E-state index in [9.17, 15) is 9.59 Å². The molecule has 0 unspecified atom stereocenters. The van der Waals surface area contributed by atoms with Crippen LogP contribution in [0.1, 0.15) is 24.1 Å². The number of nitrogens with one attached hydrogen (secondary N) is 2. The molecule has 4 rings (SSSR count). The maximum Gasteiger partial charge on any atom is 0.338 e. The highest BCUT2D eigenvalue weighted by molar-refractivity contribution is 5.95. The van der Waals surface area contributed by atoms with Gasteiger partial charge in [-0.05, 0) is 42.3 Å². The van der Waals surface area contributed by atoms with Crippen LogP contribution >= 0.6 is 0 Å². The third-order valence-electron chi connectivity index (χ3n) is 4.75. The molecule has 0 spiro atoms. The van der Waals surface area contributed by atoms with E-state index in [1.807, 2.05) is 6.07 Å². The van der Waals surface area contributed by atoms with Gasteiger partial charge in [0.25, 0.3) is 0 Å². The average molecular weight is 396 g/mol. The maximum atomic E-state index is 12.9. The average Bonchev–Trinajstić information content (AvgIpc) is 3.19. The zero-order valence-corrected chi connectivity index (χ0v) is 16.0. The number of rotatable bonds is 5. The summed E-state index contributed by atoms with van der Waals surface area (Å²) >= 11 is 0. The Bertz CT molecular complexity index is 983. The van der Waals surface area contributed by atoms with Crippen molar-refractivity contribution < 1.29 is 28.5 Å². The minimum absolute atomic E-state index is 0.0650. The highest BCUT2D eigenvalue weighted by Crippen LogP contribution is 2.33. The van der Waals surface area contributed by atoms with Crippen LogP contribution in [-0.4, -0.2) is 25.9 Å². The molecule has 2 aromatic rings. The number of carbonyl (C=O) groups excluding carboxylic acids is 2. The summed E-state index contributed by atoms with van der Waals surface area (Å²) < 4.78 is 21.3. The Balaban J connectivity index is 1.53. The smallest absolute Gasteiger partial charge is 0.338 e. The highest BCUT2D eigenvalue weighted by atomic mass is 16.7. The van der Waals surface area contributed by atoms with Crippen LogP contribution in [-0.2, 0) is 16.1 Å². The summed E-state index contributed by atoms with van der Waals surface area (Å²) in [5.41, 5.74) is 2.31. The first-order chi connectivity index (χ1) is 14.0. The van der Waals surface area contributed by atoms with Crippen LogP contribution in [0.4, 0.5) is 4.79 Å². The second-order valence-electron chi connectivity index (χ2n) is 6.61. The molecule has 2 aliphatic rings. The van der Waals surface area contributed by atoms with Crippen LogP contribution in [0, 0.1) is 0 Å². The molecule has 2 aliphatic heterocycles. The van der Waals surface area contributed by atoms with E-state index in [4.69, 9.17) is 18.9 Å². The van der Waals surface area contributed by atoms with Crippen LogP contribution < -0.4 is 24.8 Å². The van der Waals surface area contributed by atoms with E-state index in [-0.39, 0.29) is 19.4 Å². The number of hydrogen-bond donors (Lipinski definition) is 2. The van der Waals surface area contributed by atoms with Crippen molar-refractivity contribution in [2.45, 2.75) is 19.6 Å². The van der Waals surface area contributed by atoms with E-state index < -0.39 is 12.0 Å². The Morgan fingerprint density at radius 1 is 1.14 bits per heavy atom. The monoisotopic (exact) mass is 396 g/mol. The highest BCUT2D eigenvalue weighted by Gasteiger charge is 2.32. The lowest BCUT2D eigenvalue weighted by atomic mass is 9.95. The van der Waals surface area contributed by atoms with Gasteiger partial charge in [0.15, 0.2) is 11.5 Å². The summed E-state index contributed by atoms with van der Waals surface area (Å²) in [5, 5.41) is 5.41. The minimum atomic E-state index is -0.626. The maximum absolute atomic E-state index is 12.9. The third kappa shape index (κ3) is 3.82. The molecule has 0 fully saturated rings. The first kappa shape index (κ1) is 18.7. The topological polar surface area (TPSA) is 95.1 Å². The Hall–Kier alpha value is -3.68. The number of urea groups is 1. The molecule has 0 saturated heterocycles. The van der Waals surface area contributed by atoms with Gasteiger partial charge in [0.2, 0.25) is 6.79 Å². The number of hydrogen-bond acceptors (Lipinski definition) is 6. The van der Waals surface area contributed by atoms with Crippen LogP contribution in [0.15, 0.2) is 53.7 Å². The van der Waals surface area contributed by atoms with Crippen LogP contribution in [0.3, 0.4) is 0 Å². The molecule has 0 aromatic heterocycles. The molecule has 2 N–H and O–H groups in total. The zero-order chi connectivity index (χ0) is 20.4. The second-order valence-corrected chi connectivity index (χ2v) is 6.61. The van der Waals surface area contributed by atoms with Crippen molar-refractivity contribution in [1.29, 1.82) is 0 Å². The van der Waals surface area contributed by atoms with Gasteiger partial charge in [0, 0.05) is 5.70 Å². The number of ether oxygens (including phenoxy) is 4. The van der Waals surface area contributed by atoms with Gasteiger partial charge in [-0.2, -0.15) is 0 Å². The fraction of sp³-hybridized carbons (Fsp3) is 0.238. The largest absolute Gasteiger partial charge is 0.497 e. The number of carbonyl (C=O) groups is 2. The van der Waals surface area contributed by atoms with E-state index in [0.717, 1.165) is 11.1 Å². The van der Waals surface area contributed by atoms with Gasteiger partial charge in [-0.1, -0.05) is 18.2 Å². The fourth-order valence-corrected chi connectivity index (χ4v) is 3.27. The second kappa shape index (κ2) is 7.75. The summed E-state index contributed by atoms with van der Waals surface area (Å²) in [4.78, 5) is 24.9. The van der Waals surface area contributed by atoms with E-state index in [1.54, 1.807) is 50.4 Å². The molecule has 8 heteroatoms. The number of fused-ring (bicyclic) bond motifs is 1. The lowest BCUT2D eigenvalue weighted by Gasteiger charge is -2.28. The first-order valence-corrected chi connectivity index (χ1v) is 9.03. The number of amides is 2. The molecule has 0 bridgehead atoms. The number of methoxy groups -OCH3 is 1. The van der Waals surface area contributed by atoms with Crippen molar-refractivity contribution in [2.24, 2.45) is 0 Å². The fourth-order valence-electron chi connectivity index (χ4n) is 3.27. The number of allylic oxidation sites excluding steroid dienone is 1. The molecule has 0 radical (unpaired) electrons. The molecule has 150 valence electrons. The first-order valence-electron chi connectivity index (χ1n) is 9.03. The molecular formula is C21H20N2O6. The molecule has 8 nitrogen and oxygen atoms in total. The molecule has 0 aliphatic carbocycles. The van der Waals surface area contributed by atoms with Gasteiger partial charge >= 0.3 is 12.0 Å². The molecule has 0 saturated carbocycles. The van der Waals surface area contributed by atoms with Crippen LogP contribution in [0.2, 0.25) is 0 Å². The van der Waals surface area contributed by atoms with E-state index in [0.29, 0.717) is 28.5 Å². The van der Waals surface area contributed by atoms with Gasteiger partial charge in [0.05, 0.1) is 18.7 Å². The summed E-state index contributed by atoms with van der Waals surface area (Å²) in [6.45, 7) is 1.92. The SMILES string of the molecule is COc1ccc([C@H]2NC(=O)NC(C)=C2C(=O)OCc2ccc3c(c2)OCO3)cc1. The number of benzene rings is 2. The predicted molar refractivity (Wildman–Crippen MR) is 102 cm³/mol. The molecule has 2 heterocycles. The third-order valence-corrected chi connectivity index (χ3v) is 4.75. The zero-order valence-electron chi connectivity index (χ0n) is 16.0. The Kier molecular flexibility index (Phi) is 4.99. The van der Waals surface area contributed by atoms with Crippen molar-refractivity contribution in [3.63, 3.8) is 0 Å². The summed E-state index contributed by atoms with van der Waals surface area (Å²) in [6.07, 6.45) is 0. The normalized spacial score (nSPS) is 17.4. The van der Waals surface area contributed by atoms with Crippen molar-refractivity contribution in [3.05, 3.63) is 64.9 Å². The van der Waals surface area contributed by atoms with Crippen LogP contribution in [0.25, 0.3) is 0 Å². The summed E-state index contributed by atoms with van der Waals surface area (Å²) in [7, 11) is 1.57.